The second-order valence-corrected chi connectivity index (χ2v) is 8.35. The van der Waals surface area contributed by atoms with E-state index in [1.807, 2.05) is 122 Å². The average Bonchev–Trinajstić information content (AvgIpc) is 3.53. The molecule has 0 spiro atoms. The van der Waals surface area contributed by atoms with Crippen molar-refractivity contribution < 1.29 is 9.59 Å². The summed E-state index contributed by atoms with van der Waals surface area (Å²) in [5, 5.41) is 10.9. The molecule has 4 aromatic carbocycles. The Hall–Kier alpha value is -4.84. The fourth-order valence-corrected chi connectivity index (χ4v) is 3.92. The quantitative estimate of drug-likeness (QED) is 0.286. The van der Waals surface area contributed by atoms with Crippen molar-refractivity contribution in [1.82, 2.24) is 19.6 Å². The largest absolute Gasteiger partial charge is 0.292 e. The van der Waals surface area contributed by atoms with Crippen LogP contribution in [0.1, 0.15) is 20.7 Å². The van der Waals surface area contributed by atoms with Crippen LogP contribution in [0.3, 0.4) is 0 Å². The minimum Gasteiger partial charge on any atom is -0.292 e. The summed E-state index contributed by atoms with van der Waals surface area (Å²) in [6, 6.07) is 34.3. The molecule has 6 nitrogen and oxygen atoms in total. The molecular formula is C30H24N4O2. The van der Waals surface area contributed by atoms with E-state index in [-0.39, 0.29) is 24.7 Å². The molecule has 0 aliphatic rings. The summed E-state index contributed by atoms with van der Waals surface area (Å²) in [6.45, 7) is 0.553. The van der Waals surface area contributed by atoms with Crippen molar-refractivity contribution in [2.24, 2.45) is 0 Å². The van der Waals surface area contributed by atoms with Crippen LogP contribution < -0.4 is 0 Å². The van der Waals surface area contributed by atoms with Crippen LogP contribution in [-0.4, -0.2) is 31.1 Å². The van der Waals surface area contributed by atoms with Gasteiger partial charge in [0.2, 0.25) is 0 Å². The SMILES string of the molecule is O=C(Cn1cc2ccccc2n1)c1ccccc1.O=C(Cn1cc2ccccc2n1)c1ccccc1. The zero-order valence-corrected chi connectivity index (χ0v) is 19.6. The Balaban J connectivity index is 0.000000148. The molecule has 0 saturated carbocycles. The smallest absolute Gasteiger partial charge is 0.184 e. The van der Waals surface area contributed by atoms with E-state index in [2.05, 4.69) is 10.2 Å². The molecule has 0 N–H and O–H groups in total. The highest BCUT2D eigenvalue weighted by Crippen LogP contribution is 2.13. The number of Topliss-reactive ketones (excluding diaryl/α,β-unsaturated/α-hetero) is 2. The Bertz CT molecular complexity index is 1430. The number of benzene rings is 4. The topological polar surface area (TPSA) is 69.8 Å². The molecule has 0 aliphatic heterocycles. The van der Waals surface area contributed by atoms with Crippen LogP contribution in [0.25, 0.3) is 21.8 Å². The van der Waals surface area contributed by atoms with Gasteiger partial charge in [0, 0.05) is 34.3 Å². The van der Waals surface area contributed by atoms with Gasteiger partial charge in [-0.15, -0.1) is 0 Å². The summed E-state index contributed by atoms with van der Waals surface area (Å²) >= 11 is 0. The van der Waals surface area contributed by atoms with Crippen molar-refractivity contribution in [3.63, 3.8) is 0 Å². The highest BCUT2D eigenvalue weighted by Gasteiger charge is 2.08. The molecule has 0 aliphatic carbocycles. The summed E-state index contributed by atoms with van der Waals surface area (Å²) in [5.74, 6) is 0.145. The van der Waals surface area contributed by atoms with Gasteiger partial charge in [-0.2, -0.15) is 10.2 Å². The van der Waals surface area contributed by atoms with Gasteiger partial charge in [-0.05, 0) is 12.1 Å². The van der Waals surface area contributed by atoms with Gasteiger partial charge in [0.1, 0.15) is 13.1 Å². The van der Waals surface area contributed by atoms with Crippen LogP contribution in [0.4, 0.5) is 0 Å². The van der Waals surface area contributed by atoms with Gasteiger partial charge in [0.25, 0.3) is 0 Å². The second kappa shape index (κ2) is 10.6. The van der Waals surface area contributed by atoms with Crippen LogP contribution in [0.2, 0.25) is 0 Å². The Kier molecular flexibility index (Phi) is 6.76. The highest BCUT2D eigenvalue weighted by molar-refractivity contribution is 5.96. The fourth-order valence-electron chi connectivity index (χ4n) is 3.92. The van der Waals surface area contributed by atoms with E-state index in [9.17, 15) is 9.59 Å². The molecular weight excluding hydrogens is 448 g/mol. The third-order valence-electron chi connectivity index (χ3n) is 5.72. The lowest BCUT2D eigenvalue weighted by Crippen LogP contribution is -2.10. The summed E-state index contributed by atoms with van der Waals surface area (Å²) < 4.78 is 3.39. The zero-order chi connectivity index (χ0) is 24.7. The number of hydrogen-bond acceptors (Lipinski definition) is 4. The number of rotatable bonds is 6. The van der Waals surface area contributed by atoms with Gasteiger partial charge >= 0.3 is 0 Å². The number of carbonyl (C=O) groups is 2. The molecule has 0 bridgehead atoms. The van der Waals surface area contributed by atoms with Gasteiger partial charge in [-0.3, -0.25) is 19.0 Å². The number of ketones is 2. The van der Waals surface area contributed by atoms with E-state index in [4.69, 9.17) is 0 Å². The van der Waals surface area contributed by atoms with Gasteiger partial charge in [0.05, 0.1) is 11.0 Å². The highest BCUT2D eigenvalue weighted by atomic mass is 16.1. The molecule has 0 saturated heterocycles. The molecule has 176 valence electrons. The van der Waals surface area contributed by atoms with Crippen molar-refractivity contribution in [3.8, 4) is 0 Å². The van der Waals surface area contributed by atoms with Crippen molar-refractivity contribution in [2.75, 3.05) is 0 Å². The predicted molar refractivity (Wildman–Crippen MR) is 141 cm³/mol. The normalized spacial score (nSPS) is 10.7. The molecule has 0 radical (unpaired) electrons. The summed E-state index contributed by atoms with van der Waals surface area (Å²) in [6.07, 6.45) is 3.80. The Morgan fingerprint density at radius 1 is 0.500 bits per heavy atom. The first-order chi connectivity index (χ1) is 17.7. The minimum absolute atomic E-state index is 0.0726. The lowest BCUT2D eigenvalue weighted by Gasteiger charge is -2.00. The van der Waals surface area contributed by atoms with E-state index in [0.29, 0.717) is 0 Å². The van der Waals surface area contributed by atoms with E-state index in [0.717, 1.165) is 32.9 Å². The Morgan fingerprint density at radius 3 is 1.25 bits per heavy atom. The summed E-state index contributed by atoms with van der Waals surface area (Å²) in [5.41, 5.74) is 3.27. The Morgan fingerprint density at radius 2 is 0.861 bits per heavy atom. The molecule has 0 atom stereocenters. The van der Waals surface area contributed by atoms with Crippen molar-refractivity contribution in [3.05, 3.63) is 133 Å². The first kappa shape index (κ1) is 22.9. The maximum atomic E-state index is 12.0. The predicted octanol–water partition coefficient (Wildman–Crippen LogP) is 5.84. The van der Waals surface area contributed by atoms with E-state index in [1.165, 1.54) is 0 Å². The first-order valence-electron chi connectivity index (χ1n) is 11.7. The number of nitrogens with zero attached hydrogens (tertiary/aromatic N) is 4. The van der Waals surface area contributed by atoms with Crippen LogP contribution >= 0.6 is 0 Å². The number of fused-ring (bicyclic) bond motifs is 2. The van der Waals surface area contributed by atoms with Crippen molar-refractivity contribution in [2.45, 2.75) is 13.1 Å². The molecule has 2 aromatic heterocycles. The number of hydrogen-bond donors (Lipinski definition) is 0. The Labute approximate surface area is 208 Å². The molecule has 36 heavy (non-hydrogen) atoms. The zero-order valence-electron chi connectivity index (χ0n) is 19.6. The molecule has 0 amide bonds. The number of carbonyl (C=O) groups excluding carboxylic acids is 2. The van der Waals surface area contributed by atoms with E-state index >= 15 is 0 Å². The standard InChI is InChI=1S/2C15H12N2O/c2*18-15(12-6-2-1-3-7-12)11-17-10-13-8-4-5-9-14(13)16-17/h2*1-10H,11H2. The maximum Gasteiger partial charge on any atom is 0.184 e. The summed E-state index contributed by atoms with van der Waals surface area (Å²) in [7, 11) is 0. The fraction of sp³-hybridized carbons (Fsp3) is 0.0667. The number of aromatic nitrogens is 4. The van der Waals surface area contributed by atoms with E-state index in [1.54, 1.807) is 9.36 Å². The first-order valence-corrected chi connectivity index (χ1v) is 11.7. The van der Waals surface area contributed by atoms with Crippen LogP contribution in [-0.2, 0) is 13.1 Å². The van der Waals surface area contributed by atoms with Gasteiger partial charge in [-0.1, -0.05) is 97.1 Å². The second-order valence-electron chi connectivity index (χ2n) is 8.35. The van der Waals surface area contributed by atoms with E-state index < -0.39 is 0 Å². The molecule has 6 aromatic rings. The molecule has 0 unspecified atom stereocenters. The van der Waals surface area contributed by atoms with Crippen molar-refractivity contribution in [1.29, 1.82) is 0 Å². The van der Waals surface area contributed by atoms with Gasteiger partial charge in [-0.25, -0.2) is 0 Å². The molecule has 2 heterocycles. The molecule has 0 fully saturated rings. The van der Waals surface area contributed by atoms with Crippen LogP contribution in [0.15, 0.2) is 122 Å². The lowest BCUT2D eigenvalue weighted by atomic mass is 10.1. The lowest BCUT2D eigenvalue weighted by molar-refractivity contribution is 0.0960. The molecule has 6 heteroatoms. The third-order valence-corrected chi connectivity index (χ3v) is 5.72. The molecule has 6 rings (SSSR count). The van der Waals surface area contributed by atoms with Crippen LogP contribution in [0.5, 0.6) is 0 Å². The van der Waals surface area contributed by atoms with Gasteiger partial charge < -0.3 is 0 Å². The monoisotopic (exact) mass is 472 g/mol. The van der Waals surface area contributed by atoms with Gasteiger partial charge in [0.15, 0.2) is 11.6 Å². The maximum absolute atomic E-state index is 12.0. The average molecular weight is 473 g/mol. The summed E-state index contributed by atoms with van der Waals surface area (Å²) in [4.78, 5) is 24.1. The van der Waals surface area contributed by atoms with Crippen LogP contribution in [0, 0.1) is 0 Å². The van der Waals surface area contributed by atoms with Crippen molar-refractivity contribution >= 4 is 33.4 Å². The minimum atomic E-state index is 0.0726. The third kappa shape index (κ3) is 5.45.